The number of carbonyl (C=O) groups excluding carboxylic acids is 1. The van der Waals surface area contributed by atoms with Gasteiger partial charge in [0.25, 0.3) is 5.69 Å². The molecule has 10 nitrogen and oxygen atoms in total. The molecule has 3 N–H and O–H groups in total. The van der Waals surface area contributed by atoms with Gasteiger partial charge in [-0.2, -0.15) is 4.98 Å². The van der Waals surface area contributed by atoms with Crippen molar-refractivity contribution in [2.24, 2.45) is 0 Å². The van der Waals surface area contributed by atoms with Gasteiger partial charge in [-0.05, 0) is 50.3 Å². The molecule has 160 valence electrons. The number of rotatable bonds is 6. The number of anilines is 3. The molecule has 10 heteroatoms. The number of amides is 2. The summed E-state index contributed by atoms with van der Waals surface area (Å²) >= 11 is 0. The maximum atomic E-state index is 12.3. The molecule has 0 spiro atoms. The first kappa shape index (κ1) is 21.3. The van der Waals surface area contributed by atoms with Gasteiger partial charge in [-0.3, -0.25) is 10.1 Å². The van der Waals surface area contributed by atoms with Crippen LogP contribution in [0.4, 0.5) is 27.9 Å². The fraction of sp³-hybridized carbons (Fsp3) is 0.450. The summed E-state index contributed by atoms with van der Waals surface area (Å²) in [4.78, 5) is 33.4. The Morgan fingerprint density at radius 2 is 1.87 bits per heavy atom. The number of aromatic nitrogens is 2. The van der Waals surface area contributed by atoms with Crippen molar-refractivity contribution in [3.63, 3.8) is 0 Å². The topological polar surface area (TPSA) is 125 Å². The maximum Gasteiger partial charge on any atom is 0.319 e. The summed E-state index contributed by atoms with van der Waals surface area (Å²) in [7, 11) is 3.87. The lowest BCUT2D eigenvalue weighted by molar-refractivity contribution is -0.384. The molecule has 1 heterocycles. The Bertz CT molecular complexity index is 911. The standard InChI is InChI=1S/C20H27N7O3/c1-13-12-16(27(29)30)8-9-17(13)24-20(28)23-15-6-4-14(5-7-15)22-19-21-11-10-18(25-19)26(2)3/h8-12,14-15H,4-7H2,1-3H3,(H,21,22,25)(H2,23,24,28)/t14-,15+. The van der Waals surface area contributed by atoms with Crippen LogP contribution in [-0.2, 0) is 0 Å². The van der Waals surface area contributed by atoms with Crippen LogP contribution in [0.25, 0.3) is 0 Å². The normalized spacial score (nSPS) is 18.4. The van der Waals surface area contributed by atoms with E-state index in [1.807, 2.05) is 25.1 Å². The molecule has 2 aromatic rings. The summed E-state index contributed by atoms with van der Waals surface area (Å²) < 4.78 is 0. The molecule has 0 radical (unpaired) electrons. The molecule has 1 saturated carbocycles. The molecule has 2 amide bonds. The Labute approximate surface area is 175 Å². The molecular formula is C20H27N7O3. The lowest BCUT2D eigenvalue weighted by Crippen LogP contribution is -2.42. The van der Waals surface area contributed by atoms with Crippen molar-refractivity contribution in [2.45, 2.75) is 44.7 Å². The predicted molar refractivity (Wildman–Crippen MR) is 116 cm³/mol. The van der Waals surface area contributed by atoms with Gasteiger partial charge < -0.3 is 20.9 Å². The van der Waals surface area contributed by atoms with Crippen LogP contribution in [0.1, 0.15) is 31.2 Å². The minimum Gasteiger partial charge on any atom is -0.363 e. The molecular weight excluding hydrogens is 386 g/mol. The van der Waals surface area contributed by atoms with Gasteiger partial charge in [0.15, 0.2) is 0 Å². The zero-order chi connectivity index (χ0) is 21.7. The van der Waals surface area contributed by atoms with Gasteiger partial charge in [0.2, 0.25) is 5.95 Å². The molecule has 0 aliphatic heterocycles. The SMILES string of the molecule is Cc1cc([N+](=O)[O-])ccc1NC(=O)N[C@H]1CC[C@@H](Nc2nccc(N(C)C)n2)CC1. The van der Waals surface area contributed by atoms with Crippen molar-refractivity contribution in [3.8, 4) is 0 Å². The zero-order valence-corrected chi connectivity index (χ0v) is 17.4. The number of nitro benzene ring substituents is 1. The Morgan fingerprint density at radius 1 is 1.17 bits per heavy atom. The molecule has 0 atom stereocenters. The quantitative estimate of drug-likeness (QED) is 0.490. The lowest BCUT2D eigenvalue weighted by atomic mass is 9.91. The van der Waals surface area contributed by atoms with Crippen LogP contribution in [0.5, 0.6) is 0 Å². The Kier molecular flexibility index (Phi) is 6.65. The van der Waals surface area contributed by atoms with Gasteiger partial charge in [0, 0.05) is 50.2 Å². The highest BCUT2D eigenvalue weighted by Crippen LogP contribution is 2.23. The molecule has 30 heavy (non-hydrogen) atoms. The third kappa shape index (κ3) is 5.56. The fourth-order valence-electron chi connectivity index (χ4n) is 3.48. The molecule has 0 unspecified atom stereocenters. The van der Waals surface area contributed by atoms with E-state index in [2.05, 4.69) is 25.9 Å². The monoisotopic (exact) mass is 413 g/mol. The van der Waals surface area contributed by atoms with Crippen LogP contribution < -0.4 is 20.9 Å². The number of carbonyl (C=O) groups is 1. The van der Waals surface area contributed by atoms with Crippen molar-refractivity contribution in [2.75, 3.05) is 29.6 Å². The van der Waals surface area contributed by atoms with Gasteiger partial charge in [-0.1, -0.05) is 0 Å². The molecule has 0 saturated heterocycles. The summed E-state index contributed by atoms with van der Waals surface area (Å²) in [6, 6.07) is 6.28. The summed E-state index contributed by atoms with van der Waals surface area (Å²) in [6.45, 7) is 1.73. The highest BCUT2D eigenvalue weighted by Gasteiger charge is 2.23. The number of nitrogens with one attached hydrogen (secondary N) is 3. The first-order chi connectivity index (χ1) is 14.3. The third-order valence-corrected chi connectivity index (χ3v) is 5.16. The van der Waals surface area contributed by atoms with Crippen LogP contribution in [0.15, 0.2) is 30.5 Å². The number of hydrogen-bond donors (Lipinski definition) is 3. The molecule has 3 rings (SSSR count). The Balaban J connectivity index is 1.47. The largest absolute Gasteiger partial charge is 0.363 e. The van der Waals surface area contributed by atoms with Crippen LogP contribution in [-0.4, -0.2) is 47.1 Å². The van der Waals surface area contributed by atoms with E-state index < -0.39 is 4.92 Å². The van der Waals surface area contributed by atoms with E-state index >= 15 is 0 Å². The van der Waals surface area contributed by atoms with E-state index in [0.717, 1.165) is 31.5 Å². The molecule has 0 bridgehead atoms. The third-order valence-electron chi connectivity index (χ3n) is 5.16. The number of urea groups is 1. The van der Waals surface area contributed by atoms with Crippen molar-refractivity contribution in [1.29, 1.82) is 0 Å². The van der Waals surface area contributed by atoms with Crippen LogP contribution in [0, 0.1) is 17.0 Å². The second kappa shape index (κ2) is 9.38. The second-order valence-corrected chi connectivity index (χ2v) is 7.68. The van der Waals surface area contributed by atoms with Crippen LogP contribution in [0.3, 0.4) is 0 Å². The molecule has 1 aliphatic carbocycles. The van der Waals surface area contributed by atoms with Gasteiger partial charge in [-0.15, -0.1) is 0 Å². The summed E-state index contributed by atoms with van der Waals surface area (Å²) in [5.41, 5.74) is 1.21. The summed E-state index contributed by atoms with van der Waals surface area (Å²) in [5, 5.41) is 20.0. The number of non-ortho nitro benzene ring substituents is 1. The van der Waals surface area contributed by atoms with Crippen LogP contribution in [0.2, 0.25) is 0 Å². The van der Waals surface area contributed by atoms with E-state index in [-0.39, 0.29) is 23.8 Å². The highest BCUT2D eigenvalue weighted by molar-refractivity contribution is 5.90. The number of hydrogen-bond acceptors (Lipinski definition) is 7. The van der Waals surface area contributed by atoms with Gasteiger partial charge in [-0.25, -0.2) is 9.78 Å². The van der Waals surface area contributed by atoms with Gasteiger partial charge in [0.1, 0.15) is 5.82 Å². The second-order valence-electron chi connectivity index (χ2n) is 7.68. The number of nitro groups is 1. The van der Waals surface area contributed by atoms with Gasteiger partial charge >= 0.3 is 6.03 Å². The highest BCUT2D eigenvalue weighted by atomic mass is 16.6. The smallest absolute Gasteiger partial charge is 0.319 e. The molecule has 1 aliphatic rings. The van der Waals surface area contributed by atoms with E-state index in [0.29, 0.717) is 17.2 Å². The van der Waals surface area contributed by atoms with Gasteiger partial charge in [0.05, 0.1) is 4.92 Å². The average molecular weight is 413 g/mol. The number of aryl methyl sites for hydroxylation is 1. The lowest BCUT2D eigenvalue weighted by Gasteiger charge is -2.29. The zero-order valence-electron chi connectivity index (χ0n) is 17.4. The number of benzene rings is 1. The minimum atomic E-state index is -0.453. The first-order valence-electron chi connectivity index (χ1n) is 9.91. The van der Waals surface area contributed by atoms with E-state index in [4.69, 9.17) is 0 Å². The minimum absolute atomic E-state index is 0.00405. The molecule has 1 fully saturated rings. The van der Waals surface area contributed by atoms with Crippen molar-refractivity contribution >= 4 is 29.2 Å². The average Bonchev–Trinajstić information content (AvgIpc) is 2.71. The maximum absolute atomic E-state index is 12.3. The summed E-state index contributed by atoms with van der Waals surface area (Å²) in [6.07, 6.45) is 5.23. The molecule has 1 aromatic carbocycles. The van der Waals surface area contributed by atoms with Crippen molar-refractivity contribution < 1.29 is 9.72 Å². The fourth-order valence-corrected chi connectivity index (χ4v) is 3.48. The predicted octanol–water partition coefficient (Wildman–Crippen LogP) is 3.30. The van der Waals surface area contributed by atoms with Crippen molar-refractivity contribution in [1.82, 2.24) is 15.3 Å². The van der Waals surface area contributed by atoms with Crippen molar-refractivity contribution in [3.05, 3.63) is 46.1 Å². The van der Waals surface area contributed by atoms with E-state index in [1.165, 1.54) is 12.1 Å². The summed E-state index contributed by atoms with van der Waals surface area (Å²) in [5.74, 6) is 1.46. The Hall–Kier alpha value is -3.43. The Morgan fingerprint density at radius 3 is 2.50 bits per heavy atom. The van der Waals surface area contributed by atoms with Crippen LogP contribution >= 0.6 is 0 Å². The first-order valence-corrected chi connectivity index (χ1v) is 9.91. The van der Waals surface area contributed by atoms with E-state index in [1.54, 1.807) is 19.2 Å². The van der Waals surface area contributed by atoms with E-state index in [9.17, 15) is 14.9 Å². The molecule has 1 aromatic heterocycles. The number of nitrogens with zero attached hydrogens (tertiary/aromatic N) is 4.